The van der Waals surface area contributed by atoms with Gasteiger partial charge < -0.3 is 10.1 Å². The lowest BCUT2D eigenvalue weighted by molar-refractivity contribution is 0.0959. The van der Waals surface area contributed by atoms with E-state index >= 15 is 0 Å². The van der Waals surface area contributed by atoms with Gasteiger partial charge in [0.1, 0.15) is 11.9 Å². The molecule has 0 bridgehead atoms. The van der Waals surface area contributed by atoms with Crippen LogP contribution in [-0.2, 0) is 0 Å². The van der Waals surface area contributed by atoms with Crippen molar-refractivity contribution in [2.24, 2.45) is 5.41 Å². The van der Waals surface area contributed by atoms with E-state index < -0.39 is 0 Å². The quantitative estimate of drug-likeness (QED) is 0.934. The molecule has 108 valence electrons. The summed E-state index contributed by atoms with van der Waals surface area (Å²) in [6.07, 6.45) is 10.4. The number of hydrogen-bond acceptors (Lipinski definition) is 4. The lowest BCUT2D eigenvalue weighted by atomic mass is 9.76. The Kier molecular flexibility index (Phi) is 3.28. The molecule has 2 heterocycles. The molecule has 5 nitrogen and oxygen atoms in total. The third-order valence-corrected chi connectivity index (χ3v) is 4.16. The molecule has 0 aromatic carbocycles. The number of nitrogens with zero attached hydrogens (tertiary/aromatic N) is 3. The number of imidazole rings is 1. The molecular formula is C15H22N4O. The molecule has 0 amide bonds. The minimum Gasteiger partial charge on any atom is -0.472 e. The molecule has 0 atom stereocenters. The van der Waals surface area contributed by atoms with Gasteiger partial charge in [-0.15, -0.1) is 0 Å². The summed E-state index contributed by atoms with van der Waals surface area (Å²) in [6.45, 7) is 4.66. The molecule has 0 spiro atoms. The summed E-state index contributed by atoms with van der Waals surface area (Å²) in [5, 5.41) is 3.06. The molecule has 0 aliphatic heterocycles. The van der Waals surface area contributed by atoms with Crippen molar-refractivity contribution in [3.05, 3.63) is 18.6 Å². The van der Waals surface area contributed by atoms with Crippen molar-refractivity contribution >= 4 is 11.5 Å². The minimum absolute atomic E-state index is 0.253. The van der Waals surface area contributed by atoms with E-state index in [4.69, 9.17) is 4.74 Å². The molecular weight excluding hydrogens is 252 g/mol. The number of rotatable bonds is 3. The molecule has 20 heavy (non-hydrogen) atoms. The largest absolute Gasteiger partial charge is 0.472 e. The second kappa shape index (κ2) is 4.96. The maximum atomic E-state index is 6.13. The van der Waals surface area contributed by atoms with Crippen molar-refractivity contribution in [2.75, 3.05) is 12.4 Å². The van der Waals surface area contributed by atoms with Gasteiger partial charge in [0.15, 0.2) is 0 Å². The van der Waals surface area contributed by atoms with Gasteiger partial charge in [0.05, 0.1) is 6.20 Å². The Morgan fingerprint density at radius 3 is 2.80 bits per heavy atom. The molecule has 1 N–H and O–H groups in total. The van der Waals surface area contributed by atoms with Gasteiger partial charge in [-0.05, 0) is 31.1 Å². The van der Waals surface area contributed by atoms with Crippen LogP contribution in [0.2, 0.25) is 0 Å². The van der Waals surface area contributed by atoms with E-state index in [2.05, 4.69) is 29.1 Å². The van der Waals surface area contributed by atoms with Crippen LogP contribution < -0.4 is 10.1 Å². The van der Waals surface area contributed by atoms with Crippen LogP contribution >= 0.6 is 0 Å². The Labute approximate surface area is 119 Å². The highest BCUT2D eigenvalue weighted by atomic mass is 16.5. The lowest BCUT2D eigenvalue weighted by Gasteiger charge is -2.34. The molecule has 1 fully saturated rings. The van der Waals surface area contributed by atoms with Gasteiger partial charge in [-0.1, -0.05) is 13.8 Å². The van der Waals surface area contributed by atoms with Crippen molar-refractivity contribution in [3.63, 3.8) is 0 Å². The molecule has 0 unspecified atom stereocenters. The standard InChI is InChI=1S/C15H22N4O/c1-15(2)6-4-11(5-7-15)20-14-13-17-8-9-19(13)10-12(16-3)18-14/h8-11,16H,4-7H2,1-3H3. The first-order valence-electron chi connectivity index (χ1n) is 7.25. The first-order chi connectivity index (χ1) is 9.57. The van der Waals surface area contributed by atoms with Crippen molar-refractivity contribution in [2.45, 2.75) is 45.6 Å². The zero-order valence-corrected chi connectivity index (χ0v) is 12.4. The Balaban J connectivity index is 1.82. The van der Waals surface area contributed by atoms with Gasteiger partial charge in [-0.2, -0.15) is 4.98 Å². The highest BCUT2D eigenvalue weighted by Gasteiger charge is 2.28. The monoisotopic (exact) mass is 274 g/mol. The van der Waals surface area contributed by atoms with Crippen LogP contribution in [-0.4, -0.2) is 27.5 Å². The van der Waals surface area contributed by atoms with Crippen LogP contribution in [0.15, 0.2) is 18.6 Å². The van der Waals surface area contributed by atoms with E-state index in [9.17, 15) is 0 Å². The fourth-order valence-electron chi connectivity index (χ4n) is 2.75. The summed E-state index contributed by atoms with van der Waals surface area (Å²) in [5.41, 5.74) is 1.23. The number of ether oxygens (including phenoxy) is 1. The number of aromatic nitrogens is 3. The number of hydrogen-bond donors (Lipinski definition) is 1. The van der Waals surface area contributed by atoms with Gasteiger partial charge >= 0.3 is 0 Å². The topological polar surface area (TPSA) is 51.5 Å². The third-order valence-electron chi connectivity index (χ3n) is 4.16. The molecule has 0 radical (unpaired) electrons. The Morgan fingerprint density at radius 1 is 1.35 bits per heavy atom. The smallest absolute Gasteiger partial charge is 0.260 e. The summed E-state index contributed by atoms with van der Waals surface area (Å²) >= 11 is 0. The number of nitrogens with one attached hydrogen (secondary N) is 1. The summed E-state index contributed by atoms with van der Waals surface area (Å²) in [6, 6.07) is 0. The predicted molar refractivity (Wildman–Crippen MR) is 79.2 cm³/mol. The van der Waals surface area contributed by atoms with Crippen LogP contribution in [0.1, 0.15) is 39.5 Å². The Morgan fingerprint density at radius 2 is 2.10 bits per heavy atom. The van der Waals surface area contributed by atoms with E-state index in [1.54, 1.807) is 6.20 Å². The first-order valence-corrected chi connectivity index (χ1v) is 7.25. The number of anilines is 1. The maximum Gasteiger partial charge on any atom is 0.260 e. The Hall–Kier alpha value is -1.78. The molecule has 1 aliphatic rings. The molecule has 1 aliphatic carbocycles. The molecule has 2 aromatic heterocycles. The van der Waals surface area contributed by atoms with Gasteiger partial charge in [-0.25, -0.2) is 4.98 Å². The van der Waals surface area contributed by atoms with Crippen LogP contribution in [0.5, 0.6) is 5.88 Å². The van der Waals surface area contributed by atoms with Gasteiger partial charge in [0, 0.05) is 19.4 Å². The van der Waals surface area contributed by atoms with Crippen molar-refractivity contribution < 1.29 is 4.74 Å². The second-order valence-corrected chi connectivity index (χ2v) is 6.32. The normalized spacial score (nSPS) is 19.1. The van der Waals surface area contributed by atoms with Gasteiger partial charge in [0.2, 0.25) is 5.65 Å². The Bertz CT molecular complexity index is 595. The SMILES string of the molecule is CNc1cn2ccnc2c(OC2CCC(C)(C)CC2)n1. The lowest BCUT2D eigenvalue weighted by Crippen LogP contribution is -2.28. The fourth-order valence-corrected chi connectivity index (χ4v) is 2.75. The molecule has 0 saturated heterocycles. The summed E-state index contributed by atoms with van der Waals surface area (Å²) in [5.74, 6) is 1.42. The molecule has 3 rings (SSSR count). The van der Waals surface area contributed by atoms with E-state index in [0.29, 0.717) is 11.3 Å². The van der Waals surface area contributed by atoms with E-state index in [1.165, 1.54) is 12.8 Å². The molecule has 2 aromatic rings. The second-order valence-electron chi connectivity index (χ2n) is 6.32. The minimum atomic E-state index is 0.253. The average Bonchev–Trinajstić information content (AvgIpc) is 2.89. The number of fused-ring (bicyclic) bond motifs is 1. The third kappa shape index (κ3) is 2.57. The van der Waals surface area contributed by atoms with E-state index in [1.807, 2.05) is 23.8 Å². The van der Waals surface area contributed by atoms with E-state index in [0.717, 1.165) is 24.3 Å². The van der Waals surface area contributed by atoms with Crippen molar-refractivity contribution in [3.8, 4) is 5.88 Å². The average molecular weight is 274 g/mol. The van der Waals surface area contributed by atoms with Gasteiger partial charge in [0.25, 0.3) is 5.88 Å². The van der Waals surface area contributed by atoms with Crippen LogP contribution in [0.4, 0.5) is 5.82 Å². The van der Waals surface area contributed by atoms with Gasteiger partial charge in [-0.3, -0.25) is 4.40 Å². The summed E-state index contributed by atoms with van der Waals surface area (Å²) in [7, 11) is 1.86. The van der Waals surface area contributed by atoms with Crippen LogP contribution in [0.25, 0.3) is 5.65 Å². The molecule has 1 saturated carbocycles. The van der Waals surface area contributed by atoms with Crippen molar-refractivity contribution in [1.29, 1.82) is 0 Å². The summed E-state index contributed by atoms with van der Waals surface area (Å²) < 4.78 is 8.07. The van der Waals surface area contributed by atoms with Crippen molar-refractivity contribution in [1.82, 2.24) is 14.4 Å². The van der Waals surface area contributed by atoms with Crippen LogP contribution in [0, 0.1) is 5.41 Å². The van der Waals surface area contributed by atoms with E-state index in [-0.39, 0.29) is 6.10 Å². The predicted octanol–water partition coefficient (Wildman–Crippen LogP) is 3.12. The summed E-state index contributed by atoms with van der Waals surface area (Å²) in [4.78, 5) is 8.84. The zero-order valence-electron chi connectivity index (χ0n) is 12.4. The first kappa shape index (κ1) is 13.2. The van der Waals surface area contributed by atoms with Crippen LogP contribution in [0.3, 0.4) is 0 Å². The highest BCUT2D eigenvalue weighted by molar-refractivity contribution is 5.53. The fraction of sp³-hybridized carbons (Fsp3) is 0.600. The highest BCUT2D eigenvalue weighted by Crippen LogP contribution is 2.36. The zero-order chi connectivity index (χ0) is 14.2. The maximum absolute atomic E-state index is 6.13. The molecule has 5 heteroatoms.